The van der Waals surface area contributed by atoms with Crippen molar-refractivity contribution in [3.8, 4) is 5.75 Å². The molecule has 2 atom stereocenters. The van der Waals surface area contributed by atoms with Gasteiger partial charge in [-0.15, -0.1) is 0 Å². The van der Waals surface area contributed by atoms with E-state index in [1.807, 2.05) is 0 Å². The quantitative estimate of drug-likeness (QED) is 0.843. The summed E-state index contributed by atoms with van der Waals surface area (Å²) in [4.78, 5) is 0.417. The number of fused-ring (bicyclic) bond motifs is 1. The highest BCUT2D eigenvalue weighted by molar-refractivity contribution is 7.92. The van der Waals surface area contributed by atoms with Crippen molar-refractivity contribution >= 4 is 9.84 Å². The molecule has 2 rings (SSSR count). The van der Waals surface area contributed by atoms with Gasteiger partial charge < -0.3 is 10.1 Å². The lowest BCUT2D eigenvalue weighted by molar-refractivity contribution is 0.413. The van der Waals surface area contributed by atoms with Crippen molar-refractivity contribution in [2.45, 2.75) is 23.1 Å². The first kappa shape index (κ1) is 11.4. The van der Waals surface area contributed by atoms with E-state index in [2.05, 4.69) is 5.32 Å². The van der Waals surface area contributed by atoms with E-state index in [0.717, 1.165) is 5.56 Å². The third-order valence-corrected chi connectivity index (χ3v) is 5.36. The minimum absolute atomic E-state index is 0.157. The second-order valence-corrected chi connectivity index (χ2v) is 6.19. The molecule has 1 heterocycles. The molecule has 1 aromatic carbocycles. The van der Waals surface area contributed by atoms with Gasteiger partial charge in [0.25, 0.3) is 0 Å². The molecule has 2 unspecified atom stereocenters. The predicted octanol–water partition coefficient (Wildman–Crippen LogP) is 1.13. The lowest BCUT2D eigenvalue weighted by atomic mass is 10.0. The lowest BCUT2D eigenvalue weighted by Crippen LogP contribution is -2.26. The summed E-state index contributed by atoms with van der Waals surface area (Å²) in [6, 6.07) is 4.94. The summed E-state index contributed by atoms with van der Waals surface area (Å²) in [6.07, 6.45) is 0. The van der Waals surface area contributed by atoms with Crippen molar-refractivity contribution in [1.82, 2.24) is 5.32 Å². The number of ether oxygens (including phenoxy) is 1. The molecule has 1 aliphatic heterocycles. The molecule has 0 amide bonds. The van der Waals surface area contributed by atoms with Gasteiger partial charge in [-0.1, -0.05) is 0 Å². The number of hydrogen-bond acceptors (Lipinski definition) is 4. The molecule has 88 valence electrons. The minimum atomic E-state index is -3.19. The fourth-order valence-electron chi connectivity index (χ4n) is 2.18. The molecule has 5 heteroatoms. The van der Waals surface area contributed by atoms with Crippen LogP contribution in [0.15, 0.2) is 23.1 Å². The number of methoxy groups -OCH3 is 1. The van der Waals surface area contributed by atoms with E-state index in [1.54, 1.807) is 39.3 Å². The van der Waals surface area contributed by atoms with Crippen LogP contribution < -0.4 is 10.1 Å². The smallest absolute Gasteiger partial charge is 0.183 e. The van der Waals surface area contributed by atoms with Crippen LogP contribution in [0.5, 0.6) is 5.75 Å². The summed E-state index contributed by atoms with van der Waals surface area (Å²) in [5.74, 6) is 0.684. The number of hydrogen-bond donors (Lipinski definition) is 1. The molecule has 0 fully saturated rings. The SMILES string of the molecule is CNC1c2cc(OC)ccc2S(=O)(=O)C1C. The fourth-order valence-corrected chi connectivity index (χ4v) is 3.99. The largest absolute Gasteiger partial charge is 0.497 e. The molecule has 0 bridgehead atoms. The summed E-state index contributed by atoms with van der Waals surface area (Å²) in [6.45, 7) is 1.73. The highest BCUT2D eigenvalue weighted by Crippen LogP contribution is 2.40. The van der Waals surface area contributed by atoms with Gasteiger partial charge in [0.1, 0.15) is 5.75 Å². The van der Waals surface area contributed by atoms with Gasteiger partial charge in [0.05, 0.1) is 23.3 Å². The van der Waals surface area contributed by atoms with Crippen LogP contribution in [0.3, 0.4) is 0 Å². The fraction of sp³-hybridized carbons (Fsp3) is 0.455. The van der Waals surface area contributed by atoms with E-state index in [4.69, 9.17) is 4.74 Å². The highest BCUT2D eigenvalue weighted by Gasteiger charge is 2.41. The maximum Gasteiger partial charge on any atom is 0.183 e. The Morgan fingerprint density at radius 3 is 2.62 bits per heavy atom. The maximum atomic E-state index is 12.1. The second kappa shape index (κ2) is 3.75. The topological polar surface area (TPSA) is 55.4 Å². The van der Waals surface area contributed by atoms with Crippen molar-refractivity contribution < 1.29 is 13.2 Å². The molecule has 0 radical (unpaired) electrons. The van der Waals surface area contributed by atoms with Crippen LogP contribution in [0.1, 0.15) is 18.5 Å². The van der Waals surface area contributed by atoms with Gasteiger partial charge in [-0.2, -0.15) is 0 Å². The first-order chi connectivity index (χ1) is 7.52. The summed E-state index contributed by atoms with van der Waals surface area (Å²) in [7, 11) is 0.153. The highest BCUT2D eigenvalue weighted by atomic mass is 32.2. The van der Waals surface area contributed by atoms with Gasteiger partial charge in [0, 0.05) is 0 Å². The van der Waals surface area contributed by atoms with Crippen LogP contribution in [0, 0.1) is 0 Å². The minimum Gasteiger partial charge on any atom is -0.497 e. The van der Waals surface area contributed by atoms with Gasteiger partial charge in [0.15, 0.2) is 9.84 Å². The van der Waals surface area contributed by atoms with Crippen LogP contribution in [0.25, 0.3) is 0 Å². The van der Waals surface area contributed by atoms with E-state index in [0.29, 0.717) is 10.6 Å². The lowest BCUT2D eigenvalue weighted by Gasteiger charge is -2.13. The van der Waals surface area contributed by atoms with Crippen LogP contribution in [-0.4, -0.2) is 27.8 Å². The van der Waals surface area contributed by atoms with Gasteiger partial charge in [-0.3, -0.25) is 0 Å². The molecule has 1 aromatic rings. The Morgan fingerprint density at radius 1 is 1.38 bits per heavy atom. The summed E-state index contributed by atoms with van der Waals surface area (Å²) in [5.41, 5.74) is 0.800. The van der Waals surface area contributed by atoms with Crippen molar-refractivity contribution in [1.29, 1.82) is 0 Å². The van der Waals surface area contributed by atoms with E-state index in [9.17, 15) is 8.42 Å². The molecule has 16 heavy (non-hydrogen) atoms. The van der Waals surface area contributed by atoms with Crippen LogP contribution >= 0.6 is 0 Å². The average Bonchev–Trinajstić information content (AvgIpc) is 2.47. The van der Waals surface area contributed by atoms with Gasteiger partial charge in [-0.25, -0.2) is 8.42 Å². The average molecular weight is 241 g/mol. The Hall–Kier alpha value is -1.07. The zero-order chi connectivity index (χ0) is 11.9. The van der Waals surface area contributed by atoms with Gasteiger partial charge >= 0.3 is 0 Å². The molecule has 0 saturated heterocycles. The molecule has 0 aromatic heterocycles. The number of sulfone groups is 1. The van der Waals surface area contributed by atoms with Gasteiger partial charge in [0.2, 0.25) is 0 Å². The Kier molecular flexibility index (Phi) is 2.67. The van der Waals surface area contributed by atoms with Gasteiger partial charge in [-0.05, 0) is 37.7 Å². The first-order valence-corrected chi connectivity index (χ1v) is 6.66. The predicted molar refractivity (Wildman–Crippen MR) is 61.4 cm³/mol. The van der Waals surface area contributed by atoms with Crippen LogP contribution in [0.2, 0.25) is 0 Å². The number of nitrogens with one attached hydrogen (secondary N) is 1. The van der Waals surface area contributed by atoms with Crippen LogP contribution in [-0.2, 0) is 9.84 Å². The molecular weight excluding hydrogens is 226 g/mol. The van der Waals surface area contributed by atoms with E-state index < -0.39 is 15.1 Å². The third-order valence-electron chi connectivity index (χ3n) is 3.13. The Balaban J connectivity index is 2.65. The molecule has 1 N–H and O–H groups in total. The van der Waals surface area contributed by atoms with E-state index in [1.165, 1.54) is 0 Å². The van der Waals surface area contributed by atoms with E-state index in [-0.39, 0.29) is 6.04 Å². The number of rotatable bonds is 2. The molecule has 1 aliphatic rings. The first-order valence-electron chi connectivity index (χ1n) is 5.11. The van der Waals surface area contributed by atoms with Crippen LogP contribution in [0.4, 0.5) is 0 Å². The van der Waals surface area contributed by atoms with Crippen molar-refractivity contribution in [3.05, 3.63) is 23.8 Å². The Bertz CT molecular complexity index is 510. The monoisotopic (exact) mass is 241 g/mol. The molecule has 0 aliphatic carbocycles. The maximum absolute atomic E-state index is 12.1. The van der Waals surface area contributed by atoms with Crippen molar-refractivity contribution in [3.63, 3.8) is 0 Å². The molecule has 4 nitrogen and oxygen atoms in total. The zero-order valence-corrected chi connectivity index (χ0v) is 10.3. The van der Waals surface area contributed by atoms with E-state index >= 15 is 0 Å². The second-order valence-electron chi connectivity index (χ2n) is 3.92. The molecular formula is C11H15NO3S. The zero-order valence-electron chi connectivity index (χ0n) is 9.52. The van der Waals surface area contributed by atoms with Crippen molar-refractivity contribution in [2.24, 2.45) is 0 Å². The molecule has 0 saturated carbocycles. The third kappa shape index (κ3) is 1.43. The molecule has 0 spiro atoms. The Morgan fingerprint density at radius 2 is 2.06 bits per heavy atom. The van der Waals surface area contributed by atoms with Crippen molar-refractivity contribution in [2.75, 3.05) is 14.2 Å². The standard InChI is InChI=1S/C11H15NO3S/c1-7-11(12-2)9-6-8(15-3)4-5-10(9)16(7,13)14/h4-7,11-12H,1-3H3. The number of benzene rings is 1. The Labute approximate surface area is 95.5 Å². The normalized spacial score (nSPS) is 26.4. The summed E-state index contributed by atoms with van der Waals surface area (Å²) in [5, 5.41) is 2.61. The summed E-state index contributed by atoms with van der Waals surface area (Å²) >= 11 is 0. The summed E-state index contributed by atoms with van der Waals surface area (Å²) < 4.78 is 29.3.